The van der Waals surface area contributed by atoms with Crippen molar-refractivity contribution < 1.29 is 14.6 Å². The zero-order chi connectivity index (χ0) is 13.5. The predicted molar refractivity (Wildman–Crippen MR) is 78.2 cm³/mol. The molecule has 2 N–H and O–H groups in total. The maximum Gasteiger partial charge on any atom is 0.123 e. The van der Waals surface area contributed by atoms with E-state index >= 15 is 0 Å². The molecule has 1 aromatic carbocycles. The smallest absolute Gasteiger partial charge is 0.123 e. The summed E-state index contributed by atoms with van der Waals surface area (Å²) in [7, 11) is 1.62. The Bertz CT molecular complexity index is 383. The molecular formula is C14H21NO3S. The average Bonchev–Trinajstić information content (AvgIpc) is 2.96. The summed E-state index contributed by atoms with van der Waals surface area (Å²) in [6.45, 7) is 0.870. The van der Waals surface area contributed by atoms with Crippen LogP contribution in [-0.4, -0.2) is 49.0 Å². The fourth-order valence-electron chi connectivity index (χ4n) is 1.94. The topological polar surface area (TPSA) is 50.7 Å². The Balaban J connectivity index is 1.68. The highest BCUT2D eigenvalue weighted by atomic mass is 32.2. The lowest BCUT2D eigenvalue weighted by molar-refractivity contribution is 0.104. The van der Waals surface area contributed by atoms with E-state index in [0.717, 1.165) is 17.3 Å². The van der Waals surface area contributed by atoms with E-state index in [-0.39, 0.29) is 0 Å². The molecule has 2 atom stereocenters. The van der Waals surface area contributed by atoms with Gasteiger partial charge in [-0.25, -0.2) is 0 Å². The molecule has 0 saturated carbocycles. The van der Waals surface area contributed by atoms with E-state index in [1.807, 2.05) is 36.0 Å². The summed E-state index contributed by atoms with van der Waals surface area (Å²) >= 11 is 1.96. The number of hydrogen-bond acceptors (Lipinski definition) is 5. The number of hydrogen-bond donors (Lipinski definition) is 2. The highest BCUT2D eigenvalue weighted by Gasteiger charge is 2.16. The minimum Gasteiger partial charge on any atom is -0.497 e. The minimum absolute atomic E-state index is 0.292. The third-order valence-corrected chi connectivity index (χ3v) is 4.22. The number of methoxy groups -OCH3 is 1. The maximum atomic E-state index is 9.87. The molecule has 0 aromatic heterocycles. The highest BCUT2D eigenvalue weighted by molar-refractivity contribution is 7.99. The number of aliphatic hydroxyl groups excluding tert-OH is 1. The molecule has 1 fully saturated rings. The Kier molecular flexibility index (Phi) is 5.82. The second kappa shape index (κ2) is 7.62. The van der Waals surface area contributed by atoms with Crippen molar-refractivity contribution in [2.45, 2.75) is 18.6 Å². The molecule has 106 valence electrons. The summed E-state index contributed by atoms with van der Waals surface area (Å²) in [6, 6.07) is 7.94. The lowest BCUT2D eigenvalue weighted by atomic mass is 10.2. The van der Waals surface area contributed by atoms with Gasteiger partial charge in [0.1, 0.15) is 24.2 Å². The third kappa shape index (κ3) is 4.93. The van der Waals surface area contributed by atoms with Gasteiger partial charge in [-0.3, -0.25) is 0 Å². The Hall–Kier alpha value is -0.910. The van der Waals surface area contributed by atoms with Crippen molar-refractivity contribution in [3.8, 4) is 11.5 Å². The van der Waals surface area contributed by atoms with E-state index in [2.05, 4.69) is 5.32 Å². The predicted octanol–water partition coefficient (Wildman–Crippen LogP) is 1.53. The summed E-state index contributed by atoms with van der Waals surface area (Å²) in [5.41, 5.74) is 0. The van der Waals surface area contributed by atoms with Crippen molar-refractivity contribution in [2.75, 3.05) is 31.8 Å². The standard InChI is InChI=1S/C14H21NO3S/c1-17-13-3-2-4-14(7-13)18-9-12(16)8-15-11-5-6-19-10-11/h2-4,7,11-12,15-16H,5-6,8-10H2,1H3. The number of thioether (sulfide) groups is 1. The first-order valence-electron chi connectivity index (χ1n) is 6.54. The first-order chi connectivity index (χ1) is 9.28. The lowest BCUT2D eigenvalue weighted by Crippen LogP contribution is -2.37. The van der Waals surface area contributed by atoms with Gasteiger partial charge >= 0.3 is 0 Å². The Morgan fingerprint density at radius 1 is 1.47 bits per heavy atom. The zero-order valence-electron chi connectivity index (χ0n) is 11.2. The Morgan fingerprint density at radius 3 is 3.05 bits per heavy atom. The second-order valence-electron chi connectivity index (χ2n) is 4.61. The van der Waals surface area contributed by atoms with Gasteiger partial charge in [0.25, 0.3) is 0 Å². The van der Waals surface area contributed by atoms with Crippen molar-refractivity contribution in [1.82, 2.24) is 5.32 Å². The van der Waals surface area contributed by atoms with Crippen molar-refractivity contribution >= 4 is 11.8 Å². The van der Waals surface area contributed by atoms with Crippen LogP contribution < -0.4 is 14.8 Å². The second-order valence-corrected chi connectivity index (χ2v) is 5.76. The van der Waals surface area contributed by atoms with E-state index < -0.39 is 6.10 Å². The van der Waals surface area contributed by atoms with Crippen molar-refractivity contribution in [3.63, 3.8) is 0 Å². The van der Waals surface area contributed by atoms with Gasteiger partial charge in [0.15, 0.2) is 0 Å². The summed E-state index contributed by atoms with van der Waals surface area (Å²) in [6.07, 6.45) is 0.700. The van der Waals surface area contributed by atoms with Crippen LogP contribution in [-0.2, 0) is 0 Å². The highest BCUT2D eigenvalue weighted by Crippen LogP contribution is 2.19. The van der Waals surface area contributed by atoms with E-state index in [9.17, 15) is 5.11 Å². The molecule has 0 amide bonds. The lowest BCUT2D eigenvalue weighted by Gasteiger charge is -2.16. The van der Waals surface area contributed by atoms with Crippen molar-refractivity contribution in [3.05, 3.63) is 24.3 Å². The molecule has 1 aliphatic heterocycles. The first kappa shape index (κ1) is 14.5. The number of benzene rings is 1. The van der Waals surface area contributed by atoms with Crippen LogP contribution >= 0.6 is 11.8 Å². The Morgan fingerprint density at radius 2 is 2.32 bits per heavy atom. The molecule has 0 radical (unpaired) electrons. The molecule has 2 unspecified atom stereocenters. The van der Waals surface area contributed by atoms with Crippen molar-refractivity contribution in [1.29, 1.82) is 0 Å². The molecule has 0 aliphatic carbocycles. The maximum absolute atomic E-state index is 9.87. The van der Waals surface area contributed by atoms with Gasteiger partial charge in [0.2, 0.25) is 0 Å². The minimum atomic E-state index is -0.489. The van der Waals surface area contributed by atoms with Gasteiger partial charge < -0.3 is 19.9 Å². The van der Waals surface area contributed by atoms with E-state index in [1.165, 1.54) is 12.2 Å². The monoisotopic (exact) mass is 283 g/mol. The van der Waals surface area contributed by atoms with Gasteiger partial charge in [0, 0.05) is 24.4 Å². The fourth-order valence-corrected chi connectivity index (χ4v) is 3.13. The molecule has 1 aromatic rings. The first-order valence-corrected chi connectivity index (χ1v) is 7.69. The average molecular weight is 283 g/mol. The summed E-state index contributed by atoms with van der Waals surface area (Å²) in [4.78, 5) is 0. The van der Waals surface area contributed by atoms with Gasteiger partial charge in [-0.05, 0) is 24.3 Å². The quantitative estimate of drug-likeness (QED) is 0.795. The van der Waals surface area contributed by atoms with Crippen LogP contribution in [0, 0.1) is 0 Å². The normalized spacial score (nSPS) is 20.2. The number of rotatable bonds is 7. The molecule has 1 aliphatic rings. The number of ether oxygens (including phenoxy) is 2. The molecule has 0 bridgehead atoms. The summed E-state index contributed by atoms with van der Waals surface area (Å²) in [5.74, 6) is 3.83. The van der Waals surface area contributed by atoms with Gasteiger partial charge in [-0.2, -0.15) is 11.8 Å². The molecule has 19 heavy (non-hydrogen) atoms. The Labute approximate surface area is 118 Å². The summed E-state index contributed by atoms with van der Waals surface area (Å²) < 4.78 is 10.7. The van der Waals surface area contributed by atoms with Gasteiger partial charge in [-0.15, -0.1) is 0 Å². The molecule has 1 heterocycles. The number of aliphatic hydroxyl groups is 1. The van der Waals surface area contributed by atoms with Crippen LogP contribution in [0.1, 0.15) is 6.42 Å². The fraction of sp³-hybridized carbons (Fsp3) is 0.571. The number of nitrogens with one attached hydrogen (secondary N) is 1. The molecular weight excluding hydrogens is 262 g/mol. The molecule has 1 saturated heterocycles. The zero-order valence-corrected chi connectivity index (χ0v) is 12.0. The van der Waals surface area contributed by atoms with Crippen LogP contribution in [0.3, 0.4) is 0 Å². The van der Waals surface area contributed by atoms with Crippen LogP contribution in [0.25, 0.3) is 0 Å². The van der Waals surface area contributed by atoms with Crippen LogP contribution in [0.15, 0.2) is 24.3 Å². The molecule has 0 spiro atoms. The third-order valence-electron chi connectivity index (χ3n) is 3.06. The molecule has 2 rings (SSSR count). The molecule has 4 nitrogen and oxygen atoms in total. The SMILES string of the molecule is COc1cccc(OCC(O)CNC2CCSC2)c1. The van der Waals surface area contributed by atoms with Crippen LogP contribution in [0.4, 0.5) is 0 Å². The van der Waals surface area contributed by atoms with E-state index in [0.29, 0.717) is 19.2 Å². The molecule has 5 heteroatoms. The van der Waals surface area contributed by atoms with Crippen LogP contribution in [0.2, 0.25) is 0 Å². The van der Waals surface area contributed by atoms with Crippen molar-refractivity contribution in [2.24, 2.45) is 0 Å². The van der Waals surface area contributed by atoms with Crippen LogP contribution in [0.5, 0.6) is 11.5 Å². The summed E-state index contributed by atoms with van der Waals surface area (Å²) in [5, 5.41) is 13.2. The van der Waals surface area contributed by atoms with E-state index in [1.54, 1.807) is 7.11 Å². The largest absolute Gasteiger partial charge is 0.497 e. The van der Waals surface area contributed by atoms with Gasteiger partial charge in [-0.1, -0.05) is 6.07 Å². The van der Waals surface area contributed by atoms with E-state index in [4.69, 9.17) is 9.47 Å². The van der Waals surface area contributed by atoms with Gasteiger partial charge in [0.05, 0.1) is 7.11 Å².